The molecule has 0 radical (unpaired) electrons. The minimum absolute atomic E-state index is 0.159. The largest absolute Gasteiger partial charge is 0.496 e. The zero-order valence-electron chi connectivity index (χ0n) is 13.8. The van der Waals surface area contributed by atoms with E-state index < -0.39 is 0 Å². The molecular formula is C19H29NO. The second kappa shape index (κ2) is 5.64. The molecule has 2 aliphatic carbocycles. The van der Waals surface area contributed by atoms with Crippen LogP contribution < -0.4 is 10.5 Å². The van der Waals surface area contributed by atoms with Crippen LogP contribution in [0, 0.1) is 13.8 Å². The number of ether oxygens (including phenoxy) is 1. The van der Waals surface area contributed by atoms with Crippen molar-refractivity contribution >= 4 is 0 Å². The highest BCUT2D eigenvalue weighted by Crippen LogP contribution is 2.49. The van der Waals surface area contributed by atoms with Crippen molar-refractivity contribution in [3.63, 3.8) is 0 Å². The van der Waals surface area contributed by atoms with Crippen molar-refractivity contribution in [2.75, 3.05) is 13.7 Å². The second-order valence-corrected chi connectivity index (χ2v) is 7.01. The predicted octanol–water partition coefficient (Wildman–Crippen LogP) is 3.96. The summed E-state index contributed by atoms with van der Waals surface area (Å²) in [5.41, 5.74) is 13.9. The first kappa shape index (κ1) is 14.9. The standard InChI is InChI=1S/C19H29NO/c1-13-15-8-4-5-9-16(15)14(2)18(21-3)17(13)19(12-20)10-6-7-11-19/h4-12,20H2,1-3H3. The van der Waals surface area contributed by atoms with Crippen LogP contribution in [0.1, 0.15) is 66.3 Å². The fraction of sp³-hybridized carbons (Fsp3) is 0.684. The topological polar surface area (TPSA) is 35.2 Å². The van der Waals surface area contributed by atoms with Crippen LogP contribution in [0.15, 0.2) is 0 Å². The molecule has 0 heterocycles. The first-order valence-corrected chi connectivity index (χ1v) is 8.54. The highest BCUT2D eigenvalue weighted by Gasteiger charge is 2.39. The first-order chi connectivity index (χ1) is 10.1. The van der Waals surface area contributed by atoms with Crippen molar-refractivity contribution < 1.29 is 4.74 Å². The van der Waals surface area contributed by atoms with E-state index in [1.807, 2.05) is 7.11 Å². The third-order valence-corrected chi connectivity index (χ3v) is 6.00. The fourth-order valence-electron chi connectivity index (χ4n) is 4.88. The molecule has 0 saturated heterocycles. The molecule has 2 N–H and O–H groups in total. The van der Waals surface area contributed by atoms with Crippen molar-refractivity contribution in [2.24, 2.45) is 5.73 Å². The van der Waals surface area contributed by atoms with Gasteiger partial charge in [0, 0.05) is 17.5 Å². The number of rotatable bonds is 3. The minimum atomic E-state index is 0.159. The van der Waals surface area contributed by atoms with Crippen LogP contribution in [-0.2, 0) is 18.3 Å². The smallest absolute Gasteiger partial charge is 0.126 e. The van der Waals surface area contributed by atoms with Crippen LogP contribution >= 0.6 is 0 Å². The van der Waals surface area contributed by atoms with Crippen LogP contribution in [-0.4, -0.2) is 13.7 Å². The number of hydrogen-bond donors (Lipinski definition) is 1. The van der Waals surface area contributed by atoms with Gasteiger partial charge in [0.1, 0.15) is 5.75 Å². The van der Waals surface area contributed by atoms with E-state index in [4.69, 9.17) is 10.5 Å². The van der Waals surface area contributed by atoms with Gasteiger partial charge in [-0.25, -0.2) is 0 Å². The molecule has 1 aromatic rings. The van der Waals surface area contributed by atoms with Gasteiger partial charge in [-0.2, -0.15) is 0 Å². The van der Waals surface area contributed by atoms with Gasteiger partial charge < -0.3 is 10.5 Å². The van der Waals surface area contributed by atoms with Gasteiger partial charge in [-0.1, -0.05) is 12.8 Å². The van der Waals surface area contributed by atoms with E-state index in [2.05, 4.69) is 13.8 Å². The van der Waals surface area contributed by atoms with E-state index in [9.17, 15) is 0 Å². The lowest BCUT2D eigenvalue weighted by Crippen LogP contribution is -2.34. The number of hydrogen-bond acceptors (Lipinski definition) is 2. The highest BCUT2D eigenvalue weighted by atomic mass is 16.5. The number of benzene rings is 1. The lowest BCUT2D eigenvalue weighted by Gasteiger charge is -2.35. The summed E-state index contributed by atoms with van der Waals surface area (Å²) in [5.74, 6) is 1.14. The Bertz CT molecular complexity index is 541. The Labute approximate surface area is 129 Å². The summed E-state index contributed by atoms with van der Waals surface area (Å²) in [6.07, 6.45) is 10.1. The van der Waals surface area contributed by atoms with Crippen LogP contribution in [0.2, 0.25) is 0 Å². The molecule has 21 heavy (non-hydrogen) atoms. The summed E-state index contributed by atoms with van der Waals surface area (Å²) in [5, 5.41) is 0. The van der Waals surface area contributed by atoms with Gasteiger partial charge in [-0.15, -0.1) is 0 Å². The zero-order valence-corrected chi connectivity index (χ0v) is 13.8. The van der Waals surface area contributed by atoms with Gasteiger partial charge in [-0.3, -0.25) is 0 Å². The normalized spacial score (nSPS) is 20.4. The number of methoxy groups -OCH3 is 1. The zero-order chi connectivity index (χ0) is 15.0. The molecule has 2 heteroatoms. The van der Waals surface area contributed by atoms with Crippen LogP contribution in [0.4, 0.5) is 0 Å². The van der Waals surface area contributed by atoms with Gasteiger partial charge in [0.15, 0.2) is 0 Å². The molecule has 0 unspecified atom stereocenters. The lowest BCUT2D eigenvalue weighted by atomic mass is 9.72. The van der Waals surface area contributed by atoms with Crippen molar-refractivity contribution in [3.05, 3.63) is 27.8 Å². The summed E-state index contributed by atoms with van der Waals surface area (Å²) < 4.78 is 5.91. The minimum Gasteiger partial charge on any atom is -0.496 e. The highest BCUT2D eigenvalue weighted by molar-refractivity contribution is 5.59. The maximum atomic E-state index is 6.26. The fourth-order valence-corrected chi connectivity index (χ4v) is 4.88. The van der Waals surface area contributed by atoms with Gasteiger partial charge in [0.25, 0.3) is 0 Å². The molecule has 0 spiro atoms. The summed E-state index contributed by atoms with van der Waals surface area (Å²) in [6, 6.07) is 0. The number of fused-ring (bicyclic) bond motifs is 1. The Balaban J connectivity index is 2.26. The average molecular weight is 287 g/mol. The van der Waals surface area contributed by atoms with Crippen molar-refractivity contribution in [1.82, 2.24) is 0 Å². The lowest BCUT2D eigenvalue weighted by molar-refractivity contribution is 0.372. The summed E-state index contributed by atoms with van der Waals surface area (Å²) in [4.78, 5) is 0. The first-order valence-electron chi connectivity index (χ1n) is 8.54. The molecule has 3 rings (SSSR count). The quantitative estimate of drug-likeness (QED) is 0.913. The summed E-state index contributed by atoms with van der Waals surface area (Å²) in [7, 11) is 1.83. The van der Waals surface area contributed by atoms with E-state index in [0.29, 0.717) is 0 Å². The Morgan fingerprint density at radius 3 is 2.05 bits per heavy atom. The van der Waals surface area contributed by atoms with Crippen LogP contribution in [0.5, 0.6) is 5.75 Å². The van der Waals surface area contributed by atoms with Crippen LogP contribution in [0.25, 0.3) is 0 Å². The Morgan fingerprint density at radius 2 is 1.52 bits per heavy atom. The number of nitrogens with two attached hydrogens (primary N) is 1. The molecule has 2 nitrogen and oxygen atoms in total. The Kier molecular flexibility index (Phi) is 4.00. The van der Waals surface area contributed by atoms with Crippen LogP contribution in [0.3, 0.4) is 0 Å². The monoisotopic (exact) mass is 287 g/mol. The third kappa shape index (κ3) is 2.19. The SMILES string of the molecule is COc1c(C)c2c(c(C)c1C1(CN)CCCC1)CCCC2. The van der Waals surface area contributed by atoms with E-state index in [0.717, 1.165) is 12.3 Å². The molecule has 116 valence electrons. The van der Waals surface area contributed by atoms with E-state index in [1.54, 1.807) is 11.1 Å². The molecule has 0 bridgehead atoms. The molecular weight excluding hydrogens is 258 g/mol. The van der Waals surface area contributed by atoms with Crippen molar-refractivity contribution in [2.45, 2.75) is 70.6 Å². The molecule has 0 amide bonds. The molecule has 2 aliphatic rings. The van der Waals surface area contributed by atoms with Gasteiger partial charge >= 0.3 is 0 Å². The summed E-state index contributed by atoms with van der Waals surface area (Å²) in [6.45, 7) is 5.32. The van der Waals surface area contributed by atoms with E-state index in [1.165, 1.54) is 68.1 Å². The van der Waals surface area contributed by atoms with Gasteiger partial charge in [0.2, 0.25) is 0 Å². The predicted molar refractivity (Wildman–Crippen MR) is 88.3 cm³/mol. The van der Waals surface area contributed by atoms with E-state index in [-0.39, 0.29) is 5.41 Å². The Morgan fingerprint density at radius 1 is 0.952 bits per heavy atom. The molecule has 1 fully saturated rings. The van der Waals surface area contributed by atoms with E-state index >= 15 is 0 Å². The maximum Gasteiger partial charge on any atom is 0.126 e. The molecule has 0 atom stereocenters. The van der Waals surface area contributed by atoms with Gasteiger partial charge in [-0.05, 0) is 74.6 Å². The van der Waals surface area contributed by atoms with Crippen molar-refractivity contribution in [1.29, 1.82) is 0 Å². The third-order valence-electron chi connectivity index (χ3n) is 6.00. The van der Waals surface area contributed by atoms with Crippen molar-refractivity contribution in [3.8, 4) is 5.75 Å². The molecule has 0 aromatic heterocycles. The summed E-state index contributed by atoms with van der Waals surface area (Å²) >= 11 is 0. The molecule has 1 saturated carbocycles. The average Bonchev–Trinajstić information content (AvgIpc) is 3.00. The maximum absolute atomic E-state index is 6.26. The molecule has 0 aliphatic heterocycles. The Hall–Kier alpha value is -1.02. The second-order valence-electron chi connectivity index (χ2n) is 7.01. The van der Waals surface area contributed by atoms with Gasteiger partial charge in [0.05, 0.1) is 7.11 Å². The molecule has 1 aromatic carbocycles.